The molecule has 0 spiro atoms. The molecule has 2 aliphatic rings. The number of aliphatic carboxylic acids is 1. The molecule has 4 heterocycles. The largest absolute Gasteiger partial charge is 0.480 e. The number of hydrogen-bond acceptors (Lipinski definition) is 10. The van der Waals surface area contributed by atoms with E-state index in [1.807, 2.05) is 0 Å². The number of anilines is 1. The SMILES string of the molecule is O=C(O)CNCC(=O)NC[C@@H]1CC(c2ccc(-c3ccc(N4C[C@H](Cn5ccnn5)OC4=O)cc3F)cn2)=NO1. The second-order valence-corrected chi connectivity index (χ2v) is 9.11. The first kappa shape index (κ1) is 26.7. The molecular weight excluding hydrogens is 527 g/mol. The maximum atomic E-state index is 15.1. The average Bonchev–Trinajstić information content (AvgIpc) is 3.69. The van der Waals surface area contributed by atoms with Gasteiger partial charge in [-0.15, -0.1) is 5.10 Å². The minimum absolute atomic E-state index is 0.125. The number of carbonyl (C=O) groups is 3. The van der Waals surface area contributed by atoms with E-state index < -0.39 is 30.1 Å². The van der Waals surface area contributed by atoms with Crippen molar-refractivity contribution in [1.82, 2.24) is 30.6 Å². The van der Waals surface area contributed by atoms with E-state index in [1.54, 1.807) is 35.1 Å². The highest BCUT2D eigenvalue weighted by Crippen LogP contribution is 2.29. The number of hydrogen-bond donors (Lipinski definition) is 3. The summed E-state index contributed by atoms with van der Waals surface area (Å²) in [6.45, 7) is 0.361. The Morgan fingerprint density at radius 1 is 1.18 bits per heavy atom. The molecule has 3 aromatic rings. The molecule has 2 aromatic heterocycles. The van der Waals surface area contributed by atoms with Gasteiger partial charge in [0.2, 0.25) is 5.91 Å². The lowest BCUT2D eigenvalue weighted by atomic mass is 10.0. The van der Waals surface area contributed by atoms with Crippen LogP contribution in [0.4, 0.5) is 14.9 Å². The normalized spacial score (nSPS) is 18.3. The lowest BCUT2D eigenvalue weighted by Gasteiger charge is -2.14. The molecular formula is C25H25FN8O6. The quantitative estimate of drug-likeness (QED) is 0.309. The number of ether oxygens (including phenoxy) is 1. The molecule has 2 atom stereocenters. The van der Waals surface area contributed by atoms with Crippen molar-refractivity contribution in [3.63, 3.8) is 0 Å². The average molecular weight is 553 g/mol. The summed E-state index contributed by atoms with van der Waals surface area (Å²) < 4.78 is 22.0. The molecule has 3 N–H and O–H groups in total. The Bertz CT molecular complexity index is 1420. The predicted molar refractivity (Wildman–Crippen MR) is 137 cm³/mol. The van der Waals surface area contributed by atoms with Crippen LogP contribution in [0.5, 0.6) is 0 Å². The van der Waals surface area contributed by atoms with Crippen molar-refractivity contribution in [1.29, 1.82) is 0 Å². The Labute approximate surface area is 226 Å². The number of carboxylic acids is 1. The Kier molecular flexibility index (Phi) is 7.91. The number of halogens is 1. The summed E-state index contributed by atoms with van der Waals surface area (Å²) >= 11 is 0. The van der Waals surface area contributed by atoms with Crippen molar-refractivity contribution in [2.24, 2.45) is 5.16 Å². The molecule has 0 aliphatic carbocycles. The summed E-state index contributed by atoms with van der Waals surface area (Å²) in [5.41, 5.74) is 2.37. The second-order valence-electron chi connectivity index (χ2n) is 9.11. The summed E-state index contributed by atoms with van der Waals surface area (Å²) in [5.74, 6) is -1.93. The van der Waals surface area contributed by atoms with Crippen LogP contribution in [0.1, 0.15) is 12.1 Å². The van der Waals surface area contributed by atoms with Gasteiger partial charge in [-0.05, 0) is 24.3 Å². The number of carboxylic acid groups (broad SMARTS) is 1. The van der Waals surface area contributed by atoms with Crippen molar-refractivity contribution < 1.29 is 33.5 Å². The Morgan fingerprint density at radius 3 is 2.77 bits per heavy atom. The molecule has 208 valence electrons. The third-order valence-electron chi connectivity index (χ3n) is 6.19. The van der Waals surface area contributed by atoms with Crippen LogP contribution < -0.4 is 15.5 Å². The van der Waals surface area contributed by atoms with Gasteiger partial charge in [-0.2, -0.15) is 0 Å². The van der Waals surface area contributed by atoms with Gasteiger partial charge in [-0.3, -0.25) is 24.8 Å². The van der Waals surface area contributed by atoms with Gasteiger partial charge < -0.3 is 20.0 Å². The number of carbonyl (C=O) groups excluding carboxylic acids is 2. The van der Waals surface area contributed by atoms with E-state index in [1.165, 1.54) is 23.4 Å². The van der Waals surface area contributed by atoms with E-state index in [4.69, 9.17) is 14.7 Å². The van der Waals surface area contributed by atoms with Gasteiger partial charge in [0, 0.05) is 29.9 Å². The minimum Gasteiger partial charge on any atom is -0.480 e. The molecule has 40 heavy (non-hydrogen) atoms. The first-order valence-corrected chi connectivity index (χ1v) is 12.4. The molecule has 1 saturated heterocycles. The van der Waals surface area contributed by atoms with E-state index in [-0.39, 0.29) is 32.1 Å². The zero-order valence-corrected chi connectivity index (χ0v) is 21.1. The van der Waals surface area contributed by atoms with Gasteiger partial charge in [0.05, 0.1) is 50.3 Å². The number of amides is 2. The molecule has 1 fully saturated rings. The zero-order chi connectivity index (χ0) is 28.1. The molecule has 0 unspecified atom stereocenters. The lowest BCUT2D eigenvalue weighted by Crippen LogP contribution is -2.39. The smallest absolute Gasteiger partial charge is 0.414 e. The molecule has 14 nitrogen and oxygen atoms in total. The van der Waals surface area contributed by atoms with Crippen LogP contribution in [0.25, 0.3) is 11.1 Å². The Balaban J connectivity index is 1.15. The summed E-state index contributed by atoms with van der Waals surface area (Å²) in [6.07, 6.45) is 3.74. The number of pyridine rings is 1. The summed E-state index contributed by atoms with van der Waals surface area (Å²) in [5, 5.41) is 25.4. The summed E-state index contributed by atoms with van der Waals surface area (Å²) in [7, 11) is 0. The molecule has 5 rings (SSSR count). The first-order chi connectivity index (χ1) is 19.4. The van der Waals surface area contributed by atoms with Gasteiger partial charge in [-0.25, -0.2) is 13.9 Å². The monoisotopic (exact) mass is 552 g/mol. The summed E-state index contributed by atoms with van der Waals surface area (Å²) in [6, 6.07) is 7.93. The van der Waals surface area contributed by atoms with Gasteiger partial charge in [0.15, 0.2) is 6.10 Å². The van der Waals surface area contributed by atoms with E-state index in [0.29, 0.717) is 41.2 Å². The van der Waals surface area contributed by atoms with Crippen molar-refractivity contribution in [2.45, 2.75) is 25.2 Å². The van der Waals surface area contributed by atoms with Gasteiger partial charge in [0.1, 0.15) is 17.6 Å². The van der Waals surface area contributed by atoms with Gasteiger partial charge >= 0.3 is 12.1 Å². The molecule has 1 aromatic carbocycles. The van der Waals surface area contributed by atoms with Crippen molar-refractivity contribution >= 4 is 29.4 Å². The highest BCUT2D eigenvalue weighted by atomic mass is 19.1. The zero-order valence-electron chi connectivity index (χ0n) is 21.1. The number of rotatable bonds is 11. The molecule has 0 saturated carbocycles. The van der Waals surface area contributed by atoms with Crippen molar-refractivity contribution in [3.05, 3.63) is 60.4 Å². The van der Waals surface area contributed by atoms with Gasteiger partial charge in [-0.1, -0.05) is 16.4 Å². The van der Waals surface area contributed by atoms with Crippen LogP contribution in [0.15, 0.2) is 54.1 Å². The number of benzene rings is 1. The van der Waals surface area contributed by atoms with E-state index in [0.717, 1.165) is 0 Å². The van der Waals surface area contributed by atoms with E-state index in [2.05, 4.69) is 31.1 Å². The number of aromatic nitrogens is 4. The van der Waals surface area contributed by atoms with Crippen LogP contribution in [-0.4, -0.2) is 87.2 Å². The third-order valence-corrected chi connectivity index (χ3v) is 6.19. The van der Waals surface area contributed by atoms with Crippen LogP contribution in [-0.2, 0) is 25.7 Å². The Hall–Kier alpha value is -4.92. The van der Waals surface area contributed by atoms with Crippen LogP contribution in [0.2, 0.25) is 0 Å². The van der Waals surface area contributed by atoms with E-state index in [9.17, 15) is 14.4 Å². The maximum Gasteiger partial charge on any atom is 0.414 e. The second kappa shape index (κ2) is 11.9. The molecule has 2 amide bonds. The van der Waals surface area contributed by atoms with E-state index >= 15 is 4.39 Å². The predicted octanol–water partition coefficient (Wildman–Crippen LogP) is 0.788. The topological polar surface area (TPSA) is 173 Å². The standard InChI is InChI=1S/C25H25FN8O6/c26-20-7-16(34-14-18(39-25(34)38)13-33-6-5-30-32-33)2-3-19(20)15-1-4-21(28-9-15)22-8-17(40-31-22)10-29-23(35)11-27-12-24(36)37/h1-7,9,17-18,27H,8,10-14H2,(H,29,35)(H,36,37)/t17-,18-/m0/s1. The number of cyclic esters (lactones) is 1. The minimum atomic E-state index is -1.05. The fourth-order valence-corrected chi connectivity index (χ4v) is 4.26. The van der Waals surface area contributed by atoms with Crippen molar-refractivity contribution in [2.75, 3.05) is 31.1 Å². The van der Waals surface area contributed by atoms with Crippen LogP contribution in [0, 0.1) is 5.82 Å². The molecule has 0 bridgehead atoms. The highest BCUT2D eigenvalue weighted by molar-refractivity contribution is 6.00. The fraction of sp³-hybridized carbons (Fsp3) is 0.320. The fourth-order valence-electron chi connectivity index (χ4n) is 4.26. The van der Waals surface area contributed by atoms with Crippen LogP contribution in [0.3, 0.4) is 0 Å². The summed E-state index contributed by atoms with van der Waals surface area (Å²) in [4.78, 5) is 45.8. The molecule has 15 heteroatoms. The lowest BCUT2D eigenvalue weighted by molar-refractivity contribution is -0.136. The molecule has 2 aliphatic heterocycles. The van der Waals surface area contributed by atoms with Crippen LogP contribution >= 0.6 is 0 Å². The number of nitrogens with one attached hydrogen (secondary N) is 2. The first-order valence-electron chi connectivity index (χ1n) is 12.4. The van der Waals surface area contributed by atoms with Gasteiger partial charge in [0.25, 0.3) is 0 Å². The number of nitrogens with zero attached hydrogens (tertiary/aromatic N) is 6. The third kappa shape index (κ3) is 6.37. The van der Waals surface area contributed by atoms with Crippen molar-refractivity contribution in [3.8, 4) is 11.1 Å². The highest BCUT2D eigenvalue weighted by Gasteiger charge is 2.33. The molecule has 0 radical (unpaired) electrons. The Morgan fingerprint density at radius 2 is 2.05 bits per heavy atom. The maximum absolute atomic E-state index is 15.1. The number of oxime groups is 1.